The molecule has 0 radical (unpaired) electrons. The summed E-state index contributed by atoms with van der Waals surface area (Å²) in [7, 11) is -5.46. The summed E-state index contributed by atoms with van der Waals surface area (Å²) >= 11 is 0. The van der Waals surface area contributed by atoms with E-state index in [9.17, 15) is 0 Å². The van der Waals surface area contributed by atoms with Crippen LogP contribution in [0.4, 0.5) is 0 Å². The third kappa shape index (κ3) is 6.42. The third-order valence-electron chi connectivity index (χ3n) is 8.87. The maximum absolute atomic E-state index is 4.48. The van der Waals surface area contributed by atoms with Crippen LogP contribution < -0.4 is 41.1 Å². The number of hydrogen-bond donors (Lipinski definition) is 2. The second-order valence-electron chi connectivity index (χ2n) is 11.7. The van der Waals surface area contributed by atoms with Crippen LogP contribution in [0.25, 0.3) is 0 Å². The van der Waals surface area contributed by atoms with E-state index in [0.29, 0.717) is 0 Å². The van der Waals surface area contributed by atoms with Crippen LogP contribution in [-0.2, 0) is 0 Å². The van der Waals surface area contributed by atoms with Crippen molar-refractivity contribution in [2.24, 2.45) is 0 Å². The Balaban J connectivity index is 1.59. The molecule has 0 unspecified atom stereocenters. The normalized spacial score (nSPS) is 11.9. The SMILES string of the molecule is CCCCC(N[Si](c1ccccc1)(c1ccccc1)c1ccccc1)N[Si](c1ccccc1)(c1ccccc1)c1ccccc1. The molecule has 6 aromatic rings. The zero-order chi connectivity index (χ0) is 30.8. The molecule has 0 heterocycles. The second kappa shape index (κ2) is 14.6. The predicted octanol–water partition coefficient (Wildman–Crippen LogP) is 5.02. The minimum absolute atomic E-state index is 0.0459. The molecule has 0 saturated heterocycles. The second-order valence-corrected chi connectivity index (χ2v) is 18.7. The fourth-order valence-corrected chi connectivity index (χ4v) is 15.5. The minimum atomic E-state index is -2.73. The summed E-state index contributed by atoms with van der Waals surface area (Å²) in [6, 6.07) is 67.0. The molecule has 0 atom stereocenters. The molecule has 6 rings (SSSR count). The average Bonchev–Trinajstić information content (AvgIpc) is 3.14. The molecule has 0 amide bonds. The van der Waals surface area contributed by atoms with Crippen molar-refractivity contribution in [2.45, 2.75) is 32.4 Å². The van der Waals surface area contributed by atoms with Gasteiger partial charge in [0.05, 0.1) is 0 Å². The molecule has 0 aliphatic carbocycles. The van der Waals surface area contributed by atoms with Crippen LogP contribution in [0.15, 0.2) is 182 Å². The highest BCUT2D eigenvalue weighted by Gasteiger charge is 2.46. The molecule has 224 valence electrons. The molecule has 4 heteroatoms. The highest BCUT2D eigenvalue weighted by molar-refractivity contribution is 7.11. The molecule has 0 bridgehead atoms. The van der Waals surface area contributed by atoms with Gasteiger partial charge in [0.1, 0.15) is 0 Å². The van der Waals surface area contributed by atoms with Gasteiger partial charge < -0.3 is 9.96 Å². The molecule has 0 spiro atoms. The van der Waals surface area contributed by atoms with Crippen molar-refractivity contribution in [3.63, 3.8) is 0 Å². The summed E-state index contributed by atoms with van der Waals surface area (Å²) in [5.41, 5.74) is 0. The van der Waals surface area contributed by atoms with E-state index in [2.05, 4.69) is 199 Å². The Labute approximate surface area is 271 Å². The highest BCUT2D eigenvalue weighted by Crippen LogP contribution is 2.13. The smallest absolute Gasteiger partial charge is 0.223 e. The number of unbranched alkanes of at least 4 members (excludes halogenated alkanes) is 1. The van der Waals surface area contributed by atoms with Crippen molar-refractivity contribution in [2.75, 3.05) is 0 Å². The first-order valence-electron chi connectivity index (χ1n) is 16.2. The van der Waals surface area contributed by atoms with Gasteiger partial charge in [0, 0.05) is 6.17 Å². The first kappa shape index (κ1) is 30.7. The fraction of sp³-hybridized carbons (Fsp3) is 0.122. The molecule has 6 aromatic carbocycles. The molecule has 0 saturated carbocycles. The van der Waals surface area contributed by atoms with Gasteiger partial charge in [0.2, 0.25) is 16.5 Å². The number of rotatable bonds is 13. The maximum atomic E-state index is 4.48. The standard InChI is InChI=1S/C41H42N2Si2/c1-2-3-34-41(42-44(35-22-10-4-11-23-35,36-24-12-5-13-25-36)37-26-14-6-15-27-37)43-45(38-28-16-7-17-29-38,39-30-18-8-19-31-39)40-32-20-9-21-33-40/h4-33,41-43H,2-3,34H2,1H3. The third-order valence-corrected chi connectivity index (χ3v) is 17.6. The van der Waals surface area contributed by atoms with Crippen LogP contribution in [0.1, 0.15) is 26.2 Å². The van der Waals surface area contributed by atoms with E-state index < -0.39 is 16.5 Å². The predicted molar refractivity (Wildman–Crippen MR) is 198 cm³/mol. The Hall–Kier alpha value is -4.33. The molecule has 45 heavy (non-hydrogen) atoms. The van der Waals surface area contributed by atoms with Crippen LogP contribution in [0.2, 0.25) is 0 Å². The summed E-state index contributed by atoms with van der Waals surface area (Å²) in [5.74, 6) is 0. The lowest BCUT2D eigenvalue weighted by Gasteiger charge is -2.43. The summed E-state index contributed by atoms with van der Waals surface area (Å²) in [4.78, 5) is 8.96. The fourth-order valence-electron chi connectivity index (χ4n) is 6.74. The summed E-state index contributed by atoms with van der Waals surface area (Å²) < 4.78 is 0. The van der Waals surface area contributed by atoms with Gasteiger partial charge in [0.25, 0.3) is 0 Å². The average molecular weight is 619 g/mol. The van der Waals surface area contributed by atoms with E-state index in [1.54, 1.807) is 0 Å². The van der Waals surface area contributed by atoms with Crippen LogP contribution >= 0.6 is 0 Å². The number of benzene rings is 6. The summed E-state index contributed by atoms with van der Waals surface area (Å²) in [5, 5.41) is 8.15. The summed E-state index contributed by atoms with van der Waals surface area (Å²) in [6.45, 7) is 2.30. The number of hydrogen-bond acceptors (Lipinski definition) is 2. The molecule has 2 nitrogen and oxygen atoms in total. The maximum Gasteiger partial charge on any atom is 0.223 e. The van der Waals surface area contributed by atoms with E-state index in [1.807, 2.05) is 0 Å². The Bertz CT molecular complexity index is 1390. The van der Waals surface area contributed by atoms with E-state index in [-0.39, 0.29) is 6.17 Å². The molecular weight excluding hydrogens is 577 g/mol. The van der Waals surface area contributed by atoms with Crippen molar-refractivity contribution >= 4 is 47.6 Å². The zero-order valence-electron chi connectivity index (χ0n) is 26.0. The molecule has 0 aliphatic rings. The van der Waals surface area contributed by atoms with Crippen molar-refractivity contribution in [1.82, 2.24) is 9.96 Å². The molecule has 0 aromatic heterocycles. The van der Waals surface area contributed by atoms with Crippen molar-refractivity contribution in [3.05, 3.63) is 182 Å². The van der Waals surface area contributed by atoms with E-state index >= 15 is 0 Å². The van der Waals surface area contributed by atoms with Crippen LogP contribution in [0, 0.1) is 0 Å². The topological polar surface area (TPSA) is 24.1 Å². The van der Waals surface area contributed by atoms with Crippen molar-refractivity contribution in [1.29, 1.82) is 0 Å². The van der Waals surface area contributed by atoms with Gasteiger partial charge >= 0.3 is 0 Å². The zero-order valence-corrected chi connectivity index (χ0v) is 28.0. The Morgan fingerprint density at radius 2 is 0.600 bits per heavy atom. The van der Waals surface area contributed by atoms with Gasteiger partial charge in [-0.1, -0.05) is 202 Å². The lowest BCUT2D eigenvalue weighted by atomic mass is 10.2. The van der Waals surface area contributed by atoms with E-state index in [4.69, 9.17) is 0 Å². The Kier molecular flexibility index (Phi) is 9.98. The molecule has 0 aliphatic heterocycles. The van der Waals surface area contributed by atoms with Crippen LogP contribution in [0.3, 0.4) is 0 Å². The Morgan fingerprint density at radius 1 is 0.378 bits per heavy atom. The Morgan fingerprint density at radius 3 is 0.800 bits per heavy atom. The van der Waals surface area contributed by atoms with Gasteiger partial charge in [-0.2, -0.15) is 0 Å². The quantitative estimate of drug-likeness (QED) is 0.108. The first-order chi connectivity index (χ1) is 22.3. The van der Waals surface area contributed by atoms with Gasteiger partial charge in [-0.25, -0.2) is 0 Å². The van der Waals surface area contributed by atoms with Crippen LogP contribution in [-0.4, -0.2) is 22.6 Å². The largest absolute Gasteiger partial charge is 0.312 e. The number of nitrogens with one attached hydrogen (secondary N) is 2. The van der Waals surface area contributed by atoms with E-state index in [1.165, 1.54) is 31.1 Å². The first-order valence-corrected chi connectivity index (χ1v) is 20.2. The monoisotopic (exact) mass is 618 g/mol. The van der Waals surface area contributed by atoms with Crippen molar-refractivity contribution < 1.29 is 0 Å². The lowest BCUT2D eigenvalue weighted by Crippen LogP contribution is -2.84. The minimum Gasteiger partial charge on any atom is -0.312 e. The summed E-state index contributed by atoms with van der Waals surface area (Å²) in [6.07, 6.45) is 3.31. The lowest BCUT2D eigenvalue weighted by molar-refractivity contribution is 0.515. The highest BCUT2D eigenvalue weighted by atomic mass is 28.3. The van der Waals surface area contributed by atoms with Gasteiger partial charge in [0.15, 0.2) is 0 Å². The van der Waals surface area contributed by atoms with E-state index in [0.717, 1.165) is 19.3 Å². The van der Waals surface area contributed by atoms with Gasteiger partial charge in [-0.15, -0.1) is 0 Å². The van der Waals surface area contributed by atoms with Gasteiger partial charge in [-0.05, 0) is 37.5 Å². The molecule has 2 N–H and O–H groups in total. The van der Waals surface area contributed by atoms with Gasteiger partial charge in [-0.3, -0.25) is 0 Å². The van der Waals surface area contributed by atoms with Crippen molar-refractivity contribution in [3.8, 4) is 0 Å². The van der Waals surface area contributed by atoms with Crippen LogP contribution in [0.5, 0.6) is 0 Å². The molecular formula is C41H42N2Si2. The molecule has 0 fully saturated rings.